The molecule has 0 rings (SSSR count). The summed E-state index contributed by atoms with van der Waals surface area (Å²) in [6, 6.07) is 0. The van der Waals surface area contributed by atoms with Crippen molar-refractivity contribution in [2.45, 2.75) is 6.92 Å². The molecule has 3 nitrogen and oxygen atoms in total. The molecule has 0 saturated heterocycles. The normalized spacial score (nSPS) is 6.43. The van der Waals surface area contributed by atoms with Gasteiger partial charge in [-0.25, -0.2) is 0 Å². The topological polar surface area (TPSA) is 60.2 Å². The van der Waals surface area contributed by atoms with Crippen molar-refractivity contribution < 1.29 is 9.59 Å². The Morgan fingerprint density at radius 1 is 1.43 bits per heavy atom. The van der Waals surface area contributed by atoms with Gasteiger partial charge in [-0.3, -0.25) is 9.59 Å². The number of carbonyl (C=O) groups excluding carboxylic acids is 2. The quantitative estimate of drug-likeness (QED) is 0.477. The van der Waals surface area contributed by atoms with Crippen LogP contribution in [-0.2, 0) is 9.59 Å². The highest BCUT2D eigenvalue weighted by Gasteiger charge is 1.95. The van der Waals surface area contributed by atoms with Crippen molar-refractivity contribution >= 4 is 24.1 Å². The van der Waals surface area contributed by atoms with Gasteiger partial charge in [0, 0.05) is 6.92 Å². The van der Waals surface area contributed by atoms with Crippen LogP contribution in [0.1, 0.15) is 6.92 Å². The van der Waals surface area contributed by atoms with Crippen molar-refractivity contribution in [2.24, 2.45) is 5.73 Å². The summed E-state index contributed by atoms with van der Waals surface area (Å²) in [4.78, 5) is 19.2. The highest BCUT2D eigenvalue weighted by atomic mass is 35.5. The molecular formula is C3H6ClNO2. The molecule has 0 heterocycles. The highest BCUT2D eigenvalue weighted by molar-refractivity contribution is 6.34. The van der Waals surface area contributed by atoms with Crippen LogP contribution < -0.4 is 5.73 Å². The second-order valence-electron chi connectivity index (χ2n) is 0.920. The number of rotatable bonds is 1. The van der Waals surface area contributed by atoms with Gasteiger partial charge in [0.25, 0.3) is 5.91 Å². The molecule has 0 radical (unpaired) electrons. The molecule has 0 bridgehead atoms. The maximum Gasteiger partial charge on any atom is 0.284 e. The van der Waals surface area contributed by atoms with Crippen molar-refractivity contribution in [2.75, 3.05) is 0 Å². The van der Waals surface area contributed by atoms with Crippen LogP contribution in [0.5, 0.6) is 0 Å². The number of Topliss-reactive ketones (excluding diaryl/α,β-unsaturated/α-hetero) is 1. The lowest BCUT2D eigenvalue weighted by Crippen LogP contribution is -2.19. The minimum atomic E-state index is -0.880. The molecule has 0 aliphatic heterocycles. The van der Waals surface area contributed by atoms with E-state index in [0.29, 0.717) is 0 Å². The molecule has 2 N–H and O–H groups in total. The molecule has 0 aromatic rings. The van der Waals surface area contributed by atoms with Crippen LogP contribution in [0.15, 0.2) is 0 Å². The van der Waals surface area contributed by atoms with Crippen molar-refractivity contribution in [1.82, 2.24) is 0 Å². The first-order chi connectivity index (χ1) is 2.64. The van der Waals surface area contributed by atoms with E-state index in [1.807, 2.05) is 0 Å². The third-order valence-electron chi connectivity index (χ3n) is 0.347. The molecule has 42 valence electrons. The Balaban J connectivity index is 0. The molecule has 0 aliphatic rings. The van der Waals surface area contributed by atoms with E-state index >= 15 is 0 Å². The zero-order valence-electron chi connectivity index (χ0n) is 3.80. The van der Waals surface area contributed by atoms with E-state index in [-0.39, 0.29) is 12.4 Å². The fraction of sp³-hybridized carbons (Fsp3) is 0.333. The van der Waals surface area contributed by atoms with Crippen LogP contribution in [0.2, 0.25) is 0 Å². The Labute approximate surface area is 47.3 Å². The van der Waals surface area contributed by atoms with E-state index in [0.717, 1.165) is 6.92 Å². The largest absolute Gasteiger partial charge is 0.363 e. The van der Waals surface area contributed by atoms with Gasteiger partial charge in [0.15, 0.2) is 0 Å². The number of hydrogen-bond acceptors (Lipinski definition) is 2. The van der Waals surface area contributed by atoms with Gasteiger partial charge >= 0.3 is 0 Å². The predicted molar refractivity (Wildman–Crippen MR) is 27.1 cm³/mol. The summed E-state index contributed by atoms with van der Waals surface area (Å²) in [6.45, 7) is 1.13. The van der Waals surface area contributed by atoms with Gasteiger partial charge in [0.1, 0.15) is 0 Å². The number of ketones is 1. The first kappa shape index (κ1) is 9.66. The number of amides is 1. The monoisotopic (exact) mass is 123 g/mol. The van der Waals surface area contributed by atoms with Gasteiger partial charge in [-0.2, -0.15) is 0 Å². The van der Waals surface area contributed by atoms with E-state index < -0.39 is 11.7 Å². The molecule has 0 unspecified atom stereocenters. The number of nitrogens with two attached hydrogens (primary N) is 1. The molecule has 0 aromatic heterocycles. The summed E-state index contributed by atoms with van der Waals surface area (Å²) in [6.07, 6.45) is 0. The third-order valence-corrected chi connectivity index (χ3v) is 0.347. The zero-order valence-corrected chi connectivity index (χ0v) is 4.62. The van der Waals surface area contributed by atoms with Gasteiger partial charge in [-0.05, 0) is 0 Å². The van der Waals surface area contributed by atoms with Crippen LogP contribution in [-0.4, -0.2) is 11.7 Å². The van der Waals surface area contributed by atoms with Crippen LogP contribution in [0, 0.1) is 0 Å². The zero-order chi connectivity index (χ0) is 5.15. The fourth-order valence-corrected chi connectivity index (χ4v) is 0. The smallest absolute Gasteiger partial charge is 0.284 e. The van der Waals surface area contributed by atoms with E-state index in [9.17, 15) is 9.59 Å². The van der Waals surface area contributed by atoms with Crippen molar-refractivity contribution in [1.29, 1.82) is 0 Å². The van der Waals surface area contributed by atoms with E-state index in [1.54, 1.807) is 0 Å². The molecule has 1 amide bonds. The first-order valence-electron chi connectivity index (χ1n) is 1.45. The van der Waals surface area contributed by atoms with Gasteiger partial charge in [0.05, 0.1) is 0 Å². The van der Waals surface area contributed by atoms with Crippen molar-refractivity contribution in [3.8, 4) is 0 Å². The van der Waals surface area contributed by atoms with Crippen LogP contribution >= 0.6 is 12.4 Å². The minimum Gasteiger partial charge on any atom is -0.363 e. The van der Waals surface area contributed by atoms with E-state index in [4.69, 9.17) is 0 Å². The SMILES string of the molecule is CC(=O)C(N)=O.Cl. The summed E-state index contributed by atoms with van der Waals surface area (Å²) in [5, 5.41) is 0. The Kier molecular flexibility index (Phi) is 4.99. The van der Waals surface area contributed by atoms with Gasteiger partial charge < -0.3 is 5.73 Å². The maximum atomic E-state index is 9.67. The summed E-state index contributed by atoms with van der Waals surface area (Å²) >= 11 is 0. The average molecular weight is 124 g/mol. The standard InChI is InChI=1S/C3H5NO2.ClH/c1-2(5)3(4)6;/h1H3,(H2,4,6);1H. The molecule has 0 aromatic carbocycles. The Morgan fingerprint density at radius 2 is 1.57 bits per heavy atom. The lowest BCUT2D eigenvalue weighted by Gasteiger charge is -1.74. The van der Waals surface area contributed by atoms with Crippen LogP contribution in [0.3, 0.4) is 0 Å². The second-order valence-corrected chi connectivity index (χ2v) is 0.920. The van der Waals surface area contributed by atoms with E-state index in [1.165, 1.54) is 0 Å². The molecule has 0 fully saturated rings. The van der Waals surface area contributed by atoms with Gasteiger partial charge in [0.2, 0.25) is 5.78 Å². The van der Waals surface area contributed by atoms with Gasteiger partial charge in [-0.15, -0.1) is 12.4 Å². The summed E-state index contributed by atoms with van der Waals surface area (Å²) in [7, 11) is 0. The highest BCUT2D eigenvalue weighted by Crippen LogP contribution is 1.57. The summed E-state index contributed by atoms with van der Waals surface area (Å²) in [5.74, 6) is -1.48. The first-order valence-corrected chi connectivity index (χ1v) is 1.45. The number of primary amides is 1. The summed E-state index contributed by atoms with van der Waals surface area (Å²) < 4.78 is 0. The molecule has 0 atom stereocenters. The van der Waals surface area contributed by atoms with Crippen molar-refractivity contribution in [3.05, 3.63) is 0 Å². The number of hydrogen-bond donors (Lipinski definition) is 1. The predicted octanol–water partition coefficient (Wildman–Crippen LogP) is -0.517. The lowest BCUT2D eigenvalue weighted by molar-refractivity contribution is -0.134. The lowest BCUT2D eigenvalue weighted by atomic mass is 10.4. The fourth-order valence-electron chi connectivity index (χ4n) is 0. The summed E-state index contributed by atoms with van der Waals surface area (Å²) in [5.41, 5.74) is 4.45. The molecule has 7 heavy (non-hydrogen) atoms. The second kappa shape index (κ2) is 3.61. The average Bonchev–Trinajstić information content (AvgIpc) is 1.36. The minimum absolute atomic E-state index is 0. The Hall–Kier alpha value is -0.570. The van der Waals surface area contributed by atoms with Crippen LogP contribution in [0.25, 0.3) is 0 Å². The van der Waals surface area contributed by atoms with Crippen molar-refractivity contribution in [3.63, 3.8) is 0 Å². The molecule has 0 aliphatic carbocycles. The molecule has 0 saturated carbocycles. The molecule has 0 spiro atoms. The van der Waals surface area contributed by atoms with E-state index in [2.05, 4.69) is 5.73 Å². The molecule has 4 heteroatoms. The molecular weight excluding hydrogens is 117 g/mol. The van der Waals surface area contributed by atoms with Gasteiger partial charge in [-0.1, -0.05) is 0 Å². The van der Waals surface area contributed by atoms with Crippen LogP contribution in [0.4, 0.5) is 0 Å². The Bertz CT molecular complexity index is 78.9. The maximum absolute atomic E-state index is 9.67. The number of halogens is 1. The third kappa shape index (κ3) is 5.43. The number of carbonyl (C=O) groups is 2. The Morgan fingerprint density at radius 3 is 1.57 bits per heavy atom.